The molecule has 0 radical (unpaired) electrons. The van der Waals surface area contributed by atoms with Crippen LogP contribution in [-0.4, -0.2) is 13.7 Å². The highest BCUT2D eigenvalue weighted by molar-refractivity contribution is 9.10. The van der Waals surface area contributed by atoms with Crippen LogP contribution < -0.4 is 10.1 Å². The molecular weight excluding hydrogens is 326 g/mol. The molecule has 2 nitrogen and oxygen atoms in total. The minimum Gasteiger partial charge on any atom is -0.497 e. The molecule has 112 valence electrons. The van der Waals surface area contributed by atoms with Crippen molar-refractivity contribution in [1.82, 2.24) is 5.32 Å². The standard InChI is InChI=1S/C18H22BrNO/c1-4-10-20-18(14-7-5-6-13(2)11-14)16-12-15(21-3)8-9-17(16)19/h5-9,11-12,18,20H,4,10H2,1-3H3. The fourth-order valence-corrected chi connectivity index (χ4v) is 2.89. The lowest BCUT2D eigenvalue weighted by Crippen LogP contribution is -2.23. The van der Waals surface area contributed by atoms with Gasteiger partial charge in [0.25, 0.3) is 0 Å². The first kappa shape index (κ1) is 16.1. The molecule has 0 saturated heterocycles. The lowest BCUT2D eigenvalue weighted by Gasteiger charge is -2.22. The van der Waals surface area contributed by atoms with Crippen molar-refractivity contribution in [2.24, 2.45) is 0 Å². The predicted octanol–water partition coefficient (Wildman–Crippen LogP) is 4.86. The van der Waals surface area contributed by atoms with E-state index in [4.69, 9.17) is 4.74 Å². The first-order valence-electron chi connectivity index (χ1n) is 7.29. The zero-order chi connectivity index (χ0) is 15.2. The van der Waals surface area contributed by atoms with E-state index in [1.54, 1.807) is 7.11 Å². The highest BCUT2D eigenvalue weighted by Crippen LogP contribution is 2.32. The summed E-state index contributed by atoms with van der Waals surface area (Å²) in [6.45, 7) is 5.28. The molecule has 0 spiro atoms. The molecule has 2 aromatic rings. The van der Waals surface area contributed by atoms with Gasteiger partial charge < -0.3 is 10.1 Å². The van der Waals surface area contributed by atoms with Crippen LogP contribution in [0.3, 0.4) is 0 Å². The maximum Gasteiger partial charge on any atom is 0.119 e. The molecular formula is C18H22BrNO. The van der Waals surface area contributed by atoms with Crippen LogP contribution in [-0.2, 0) is 0 Å². The van der Waals surface area contributed by atoms with Crippen LogP contribution in [0.2, 0.25) is 0 Å². The number of nitrogens with one attached hydrogen (secondary N) is 1. The Hall–Kier alpha value is -1.32. The number of rotatable bonds is 6. The maximum absolute atomic E-state index is 5.38. The zero-order valence-corrected chi connectivity index (χ0v) is 14.4. The molecule has 21 heavy (non-hydrogen) atoms. The molecule has 1 unspecified atom stereocenters. The minimum atomic E-state index is 0.161. The number of ether oxygens (including phenoxy) is 1. The summed E-state index contributed by atoms with van der Waals surface area (Å²) in [6.07, 6.45) is 1.10. The summed E-state index contributed by atoms with van der Waals surface area (Å²) in [5, 5.41) is 3.64. The third-order valence-electron chi connectivity index (χ3n) is 3.49. The fourth-order valence-electron chi connectivity index (χ4n) is 2.42. The number of aryl methyl sites for hydroxylation is 1. The molecule has 0 heterocycles. The molecule has 2 rings (SSSR count). The van der Waals surface area contributed by atoms with E-state index in [0.29, 0.717) is 0 Å². The van der Waals surface area contributed by atoms with Crippen molar-refractivity contribution in [1.29, 1.82) is 0 Å². The summed E-state index contributed by atoms with van der Waals surface area (Å²) in [6, 6.07) is 14.9. The van der Waals surface area contributed by atoms with E-state index in [1.807, 2.05) is 12.1 Å². The Kier molecular flexibility index (Phi) is 5.83. The number of hydrogen-bond acceptors (Lipinski definition) is 2. The largest absolute Gasteiger partial charge is 0.497 e. The molecule has 0 aliphatic carbocycles. The van der Waals surface area contributed by atoms with E-state index in [1.165, 1.54) is 16.7 Å². The molecule has 2 aromatic carbocycles. The van der Waals surface area contributed by atoms with Gasteiger partial charge in [0.2, 0.25) is 0 Å². The van der Waals surface area contributed by atoms with E-state index < -0.39 is 0 Å². The van der Waals surface area contributed by atoms with E-state index in [0.717, 1.165) is 23.2 Å². The smallest absolute Gasteiger partial charge is 0.119 e. The van der Waals surface area contributed by atoms with Crippen LogP contribution in [0.15, 0.2) is 46.9 Å². The van der Waals surface area contributed by atoms with Crippen molar-refractivity contribution in [2.75, 3.05) is 13.7 Å². The molecule has 0 bridgehead atoms. The van der Waals surface area contributed by atoms with Crippen LogP contribution in [0.5, 0.6) is 5.75 Å². The second-order valence-electron chi connectivity index (χ2n) is 5.19. The number of halogens is 1. The molecule has 0 fully saturated rings. The highest BCUT2D eigenvalue weighted by atomic mass is 79.9. The van der Waals surface area contributed by atoms with E-state index >= 15 is 0 Å². The lowest BCUT2D eigenvalue weighted by atomic mass is 9.97. The lowest BCUT2D eigenvalue weighted by molar-refractivity contribution is 0.413. The summed E-state index contributed by atoms with van der Waals surface area (Å²) < 4.78 is 6.47. The monoisotopic (exact) mass is 347 g/mol. The van der Waals surface area contributed by atoms with Gasteiger partial charge >= 0.3 is 0 Å². The van der Waals surface area contributed by atoms with Gasteiger partial charge in [0, 0.05) is 4.47 Å². The quantitative estimate of drug-likeness (QED) is 0.805. The minimum absolute atomic E-state index is 0.161. The van der Waals surface area contributed by atoms with Crippen molar-refractivity contribution in [3.63, 3.8) is 0 Å². The first-order valence-corrected chi connectivity index (χ1v) is 8.08. The van der Waals surface area contributed by atoms with Crippen LogP contribution in [0, 0.1) is 6.92 Å². The molecule has 1 atom stereocenters. The second-order valence-corrected chi connectivity index (χ2v) is 6.04. The van der Waals surface area contributed by atoms with Gasteiger partial charge in [-0.1, -0.05) is 52.7 Å². The van der Waals surface area contributed by atoms with E-state index in [-0.39, 0.29) is 6.04 Å². The third-order valence-corrected chi connectivity index (χ3v) is 4.21. The van der Waals surface area contributed by atoms with Crippen LogP contribution in [0.1, 0.15) is 36.1 Å². The summed E-state index contributed by atoms with van der Waals surface area (Å²) in [5.41, 5.74) is 3.75. The van der Waals surface area contributed by atoms with Crippen LogP contribution in [0.4, 0.5) is 0 Å². The Balaban J connectivity index is 2.44. The van der Waals surface area contributed by atoms with Crippen molar-refractivity contribution < 1.29 is 4.74 Å². The van der Waals surface area contributed by atoms with Crippen LogP contribution >= 0.6 is 15.9 Å². The second kappa shape index (κ2) is 7.62. The summed E-state index contributed by atoms with van der Waals surface area (Å²) in [5.74, 6) is 0.879. The molecule has 1 N–H and O–H groups in total. The Morgan fingerprint density at radius 3 is 2.67 bits per heavy atom. The van der Waals surface area contributed by atoms with Crippen molar-refractivity contribution >= 4 is 15.9 Å². The van der Waals surface area contributed by atoms with Gasteiger partial charge in [-0.15, -0.1) is 0 Å². The van der Waals surface area contributed by atoms with E-state index in [2.05, 4.69) is 65.4 Å². The summed E-state index contributed by atoms with van der Waals surface area (Å²) in [7, 11) is 1.70. The highest BCUT2D eigenvalue weighted by Gasteiger charge is 2.17. The van der Waals surface area contributed by atoms with Gasteiger partial charge in [0.05, 0.1) is 13.2 Å². The Labute approximate surface area is 135 Å². The molecule has 0 aliphatic rings. The Morgan fingerprint density at radius 1 is 1.19 bits per heavy atom. The summed E-state index contributed by atoms with van der Waals surface area (Å²) >= 11 is 3.67. The van der Waals surface area contributed by atoms with Crippen molar-refractivity contribution in [3.8, 4) is 5.75 Å². The molecule has 3 heteroatoms. The maximum atomic E-state index is 5.38. The van der Waals surface area contributed by atoms with Gasteiger partial charge in [-0.3, -0.25) is 0 Å². The molecule has 0 aliphatic heterocycles. The summed E-state index contributed by atoms with van der Waals surface area (Å²) in [4.78, 5) is 0. The van der Waals surface area contributed by atoms with Gasteiger partial charge in [-0.05, 0) is 49.2 Å². The Morgan fingerprint density at radius 2 is 2.00 bits per heavy atom. The average Bonchev–Trinajstić information content (AvgIpc) is 2.49. The first-order chi connectivity index (χ1) is 10.2. The van der Waals surface area contributed by atoms with Gasteiger partial charge in [0.15, 0.2) is 0 Å². The average molecular weight is 348 g/mol. The molecule has 0 saturated carbocycles. The predicted molar refractivity (Wildman–Crippen MR) is 92.0 cm³/mol. The Bertz CT molecular complexity index is 598. The topological polar surface area (TPSA) is 21.3 Å². The number of hydrogen-bond donors (Lipinski definition) is 1. The molecule has 0 aromatic heterocycles. The number of methoxy groups -OCH3 is 1. The third kappa shape index (κ3) is 4.08. The molecule has 0 amide bonds. The normalized spacial score (nSPS) is 12.2. The van der Waals surface area contributed by atoms with Gasteiger partial charge in [-0.25, -0.2) is 0 Å². The zero-order valence-electron chi connectivity index (χ0n) is 12.8. The fraction of sp³-hybridized carbons (Fsp3) is 0.333. The number of benzene rings is 2. The van der Waals surface area contributed by atoms with Crippen molar-refractivity contribution in [2.45, 2.75) is 26.3 Å². The van der Waals surface area contributed by atoms with Crippen LogP contribution in [0.25, 0.3) is 0 Å². The van der Waals surface area contributed by atoms with Gasteiger partial charge in [0.1, 0.15) is 5.75 Å². The van der Waals surface area contributed by atoms with Gasteiger partial charge in [-0.2, -0.15) is 0 Å². The van der Waals surface area contributed by atoms with E-state index in [9.17, 15) is 0 Å². The SMILES string of the molecule is CCCNC(c1cccc(C)c1)c1cc(OC)ccc1Br. The van der Waals surface area contributed by atoms with Crippen molar-refractivity contribution in [3.05, 3.63) is 63.6 Å².